The molecule has 3 rings (SSSR count). The Labute approximate surface area is 135 Å². The monoisotopic (exact) mass is 320 g/mol. The van der Waals surface area contributed by atoms with Gasteiger partial charge in [-0.05, 0) is 13.8 Å². The van der Waals surface area contributed by atoms with Crippen LogP contribution in [0.4, 0.5) is 0 Å². The van der Waals surface area contributed by atoms with E-state index in [1.54, 1.807) is 6.33 Å². The number of hydrogen-bond acceptors (Lipinski definition) is 7. The molecule has 0 bridgehead atoms. The standard InChI is InChI=1S/C15H24N6O2/c1-5-20-9-16-18-14(20)12-8-21(6-7-22-12)11(4)15-17-13(10(2)3)19-23-15/h9-12H,5-8H2,1-4H3. The van der Waals surface area contributed by atoms with Gasteiger partial charge in [0.2, 0.25) is 5.89 Å². The molecule has 0 aliphatic carbocycles. The first-order valence-electron chi connectivity index (χ1n) is 8.17. The van der Waals surface area contributed by atoms with E-state index in [4.69, 9.17) is 9.26 Å². The summed E-state index contributed by atoms with van der Waals surface area (Å²) in [4.78, 5) is 6.81. The zero-order valence-corrected chi connectivity index (χ0v) is 14.1. The Morgan fingerprint density at radius 3 is 2.87 bits per heavy atom. The molecule has 0 amide bonds. The van der Waals surface area contributed by atoms with Gasteiger partial charge in [0.15, 0.2) is 11.6 Å². The molecule has 0 N–H and O–H groups in total. The van der Waals surface area contributed by atoms with E-state index >= 15 is 0 Å². The van der Waals surface area contributed by atoms with Crippen LogP contribution in [-0.4, -0.2) is 49.5 Å². The van der Waals surface area contributed by atoms with Crippen LogP contribution in [0.15, 0.2) is 10.9 Å². The summed E-state index contributed by atoms with van der Waals surface area (Å²) in [7, 11) is 0. The second kappa shape index (κ2) is 6.76. The van der Waals surface area contributed by atoms with Crippen LogP contribution < -0.4 is 0 Å². The molecule has 0 aromatic carbocycles. The molecule has 1 aliphatic heterocycles. The third kappa shape index (κ3) is 3.28. The number of nitrogens with zero attached hydrogens (tertiary/aromatic N) is 6. The molecular weight excluding hydrogens is 296 g/mol. The highest BCUT2D eigenvalue weighted by molar-refractivity contribution is 4.99. The van der Waals surface area contributed by atoms with Crippen molar-refractivity contribution in [1.82, 2.24) is 29.8 Å². The topological polar surface area (TPSA) is 82.1 Å². The van der Waals surface area contributed by atoms with Crippen LogP contribution in [-0.2, 0) is 11.3 Å². The van der Waals surface area contributed by atoms with Crippen LogP contribution in [0.1, 0.15) is 63.3 Å². The number of hydrogen-bond donors (Lipinski definition) is 0. The zero-order valence-electron chi connectivity index (χ0n) is 14.1. The Hall–Kier alpha value is -1.80. The minimum absolute atomic E-state index is 0.0550. The molecule has 0 radical (unpaired) electrons. The van der Waals surface area contributed by atoms with Crippen LogP contribution in [0.25, 0.3) is 0 Å². The highest BCUT2D eigenvalue weighted by atomic mass is 16.5. The lowest BCUT2D eigenvalue weighted by atomic mass is 10.2. The van der Waals surface area contributed by atoms with Gasteiger partial charge in [-0.25, -0.2) is 0 Å². The summed E-state index contributed by atoms with van der Waals surface area (Å²) in [5, 5.41) is 12.3. The maximum atomic E-state index is 5.89. The van der Waals surface area contributed by atoms with Crippen molar-refractivity contribution >= 4 is 0 Å². The van der Waals surface area contributed by atoms with Gasteiger partial charge in [-0.15, -0.1) is 10.2 Å². The molecule has 2 aromatic rings. The summed E-state index contributed by atoms with van der Waals surface area (Å²) >= 11 is 0. The Morgan fingerprint density at radius 2 is 2.17 bits per heavy atom. The van der Waals surface area contributed by atoms with Gasteiger partial charge in [0, 0.05) is 25.6 Å². The molecule has 1 saturated heterocycles. The SMILES string of the molecule is CCn1cnnc1C1CN(C(C)c2nc(C(C)C)no2)CCO1. The van der Waals surface area contributed by atoms with Crippen LogP contribution in [0.5, 0.6) is 0 Å². The van der Waals surface area contributed by atoms with Crippen LogP contribution >= 0.6 is 0 Å². The zero-order chi connectivity index (χ0) is 16.4. The summed E-state index contributed by atoms with van der Waals surface area (Å²) < 4.78 is 13.3. The number of ether oxygens (including phenoxy) is 1. The first kappa shape index (κ1) is 16.1. The second-order valence-corrected chi connectivity index (χ2v) is 6.15. The van der Waals surface area contributed by atoms with Gasteiger partial charge < -0.3 is 13.8 Å². The number of aromatic nitrogens is 5. The molecule has 2 aromatic heterocycles. The predicted octanol–water partition coefficient (Wildman–Crippen LogP) is 1.94. The predicted molar refractivity (Wildman–Crippen MR) is 82.8 cm³/mol. The molecule has 1 aliphatic rings. The van der Waals surface area contributed by atoms with Gasteiger partial charge in [0.1, 0.15) is 12.4 Å². The summed E-state index contributed by atoms with van der Waals surface area (Å²) in [6.45, 7) is 11.3. The number of morpholine rings is 1. The second-order valence-electron chi connectivity index (χ2n) is 6.15. The first-order chi connectivity index (χ1) is 11.1. The van der Waals surface area contributed by atoms with Crippen molar-refractivity contribution in [2.24, 2.45) is 0 Å². The van der Waals surface area contributed by atoms with Crippen LogP contribution in [0.3, 0.4) is 0 Å². The fourth-order valence-electron chi connectivity index (χ4n) is 2.74. The summed E-state index contributed by atoms with van der Waals surface area (Å²) in [6.07, 6.45) is 1.66. The molecule has 8 heteroatoms. The lowest BCUT2D eigenvalue weighted by molar-refractivity contribution is -0.0523. The molecular formula is C15H24N6O2. The number of rotatable bonds is 5. The largest absolute Gasteiger partial charge is 0.368 e. The van der Waals surface area contributed by atoms with Crippen molar-refractivity contribution in [3.63, 3.8) is 0 Å². The maximum absolute atomic E-state index is 5.89. The fourth-order valence-corrected chi connectivity index (χ4v) is 2.74. The lowest BCUT2D eigenvalue weighted by Crippen LogP contribution is -2.40. The molecule has 3 heterocycles. The molecule has 8 nitrogen and oxygen atoms in total. The van der Waals surface area contributed by atoms with Gasteiger partial charge in [0.05, 0.1) is 12.6 Å². The molecule has 23 heavy (non-hydrogen) atoms. The highest BCUT2D eigenvalue weighted by Crippen LogP contribution is 2.27. The van der Waals surface area contributed by atoms with Crippen molar-refractivity contribution in [1.29, 1.82) is 0 Å². The Balaban J connectivity index is 1.72. The van der Waals surface area contributed by atoms with Crippen molar-refractivity contribution in [3.05, 3.63) is 23.9 Å². The van der Waals surface area contributed by atoms with Gasteiger partial charge >= 0.3 is 0 Å². The summed E-state index contributed by atoms with van der Waals surface area (Å²) in [5.41, 5.74) is 0. The number of aryl methyl sites for hydroxylation is 1. The maximum Gasteiger partial charge on any atom is 0.243 e. The minimum Gasteiger partial charge on any atom is -0.368 e. The quantitative estimate of drug-likeness (QED) is 0.832. The van der Waals surface area contributed by atoms with E-state index in [1.165, 1.54) is 0 Å². The lowest BCUT2D eigenvalue weighted by Gasteiger charge is -2.34. The smallest absolute Gasteiger partial charge is 0.243 e. The average molecular weight is 320 g/mol. The molecule has 2 atom stereocenters. The normalized spacial score (nSPS) is 21.0. The average Bonchev–Trinajstić information content (AvgIpc) is 3.23. The van der Waals surface area contributed by atoms with Gasteiger partial charge in [-0.2, -0.15) is 4.98 Å². The van der Waals surface area contributed by atoms with Gasteiger partial charge in [-0.3, -0.25) is 4.90 Å². The molecule has 126 valence electrons. The van der Waals surface area contributed by atoms with Crippen molar-refractivity contribution in [2.75, 3.05) is 19.7 Å². The van der Waals surface area contributed by atoms with Crippen LogP contribution in [0.2, 0.25) is 0 Å². The molecule has 1 fully saturated rings. The van der Waals surface area contributed by atoms with E-state index in [-0.39, 0.29) is 18.1 Å². The van der Waals surface area contributed by atoms with E-state index in [1.807, 2.05) is 4.57 Å². The highest BCUT2D eigenvalue weighted by Gasteiger charge is 2.31. The van der Waals surface area contributed by atoms with Gasteiger partial charge in [0.25, 0.3) is 0 Å². The van der Waals surface area contributed by atoms with Crippen LogP contribution in [0, 0.1) is 0 Å². The van der Waals surface area contributed by atoms with E-state index in [2.05, 4.69) is 52.9 Å². The fraction of sp³-hybridized carbons (Fsp3) is 0.733. The molecule has 0 spiro atoms. The summed E-state index contributed by atoms with van der Waals surface area (Å²) in [5.74, 6) is 2.55. The third-order valence-corrected chi connectivity index (χ3v) is 4.25. The van der Waals surface area contributed by atoms with Crippen molar-refractivity contribution in [2.45, 2.75) is 52.3 Å². The Kier molecular flexibility index (Phi) is 4.72. The Bertz CT molecular complexity index is 637. The molecule has 2 unspecified atom stereocenters. The van der Waals surface area contributed by atoms with Crippen molar-refractivity contribution in [3.8, 4) is 0 Å². The van der Waals surface area contributed by atoms with Crippen molar-refractivity contribution < 1.29 is 9.26 Å². The minimum atomic E-state index is -0.0823. The Morgan fingerprint density at radius 1 is 1.35 bits per heavy atom. The van der Waals surface area contributed by atoms with E-state index in [9.17, 15) is 0 Å². The molecule has 0 saturated carbocycles. The first-order valence-corrected chi connectivity index (χ1v) is 8.17. The van der Waals surface area contributed by atoms with E-state index in [0.717, 1.165) is 31.3 Å². The third-order valence-electron chi connectivity index (χ3n) is 4.25. The van der Waals surface area contributed by atoms with E-state index < -0.39 is 0 Å². The van der Waals surface area contributed by atoms with Gasteiger partial charge in [-0.1, -0.05) is 19.0 Å². The van der Waals surface area contributed by atoms with E-state index in [0.29, 0.717) is 12.5 Å². The summed E-state index contributed by atoms with van der Waals surface area (Å²) in [6, 6.07) is 0.0550.